The van der Waals surface area contributed by atoms with Gasteiger partial charge in [-0.3, -0.25) is 4.79 Å². The van der Waals surface area contributed by atoms with Crippen LogP contribution in [0.15, 0.2) is 12.2 Å². The van der Waals surface area contributed by atoms with E-state index in [1.54, 1.807) is 0 Å². The van der Waals surface area contributed by atoms with Crippen molar-refractivity contribution in [2.24, 2.45) is 22.7 Å². The van der Waals surface area contributed by atoms with Crippen molar-refractivity contribution in [2.45, 2.75) is 58.4 Å². The summed E-state index contributed by atoms with van der Waals surface area (Å²) in [5, 5.41) is 0. The van der Waals surface area contributed by atoms with Gasteiger partial charge in [0.05, 0.1) is 11.8 Å². The zero-order valence-corrected chi connectivity index (χ0v) is 14.2. The molecule has 0 unspecified atom stereocenters. The summed E-state index contributed by atoms with van der Waals surface area (Å²) in [7, 11) is -3.44. The summed E-state index contributed by atoms with van der Waals surface area (Å²) in [4.78, 5) is 12.8. The van der Waals surface area contributed by atoms with Crippen LogP contribution in [0.4, 0.5) is 0 Å². The molecule has 0 radical (unpaired) electrons. The predicted octanol–water partition coefficient (Wildman–Crippen LogP) is 2.71. The summed E-state index contributed by atoms with van der Waals surface area (Å²) in [6.45, 7) is 4.43. The Labute approximate surface area is 133 Å². The lowest BCUT2D eigenvalue weighted by Gasteiger charge is -2.37. The van der Waals surface area contributed by atoms with Crippen molar-refractivity contribution in [3.05, 3.63) is 12.2 Å². The summed E-state index contributed by atoms with van der Waals surface area (Å²) >= 11 is 0. The number of hydrogen-bond donors (Lipinski definition) is 0. The molecular formula is C17H25NO3S. The lowest BCUT2D eigenvalue weighted by Crippen LogP contribution is -2.44. The highest BCUT2D eigenvalue weighted by atomic mass is 32.2. The van der Waals surface area contributed by atoms with Crippen molar-refractivity contribution in [2.75, 3.05) is 5.75 Å². The minimum atomic E-state index is -3.44. The van der Waals surface area contributed by atoms with Crippen LogP contribution in [0, 0.1) is 22.7 Å². The number of nitrogens with zero attached hydrogens (tertiary/aromatic N) is 1. The van der Waals surface area contributed by atoms with E-state index in [0.29, 0.717) is 12.3 Å². The zero-order chi connectivity index (χ0) is 15.8. The third-order valence-corrected chi connectivity index (χ3v) is 9.14. The van der Waals surface area contributed by atoms with E-state index in [-0.39, 0.29) is 34.4 Å². The standard InChI is InChI=1S/C17H25NO3S/c1-16(2)13-7-8-17(16)11-22(20,21)18(14(17)10-13)15(19)9-12-5-3-4-6-12/h3,5,12-14H,4,6-11H2,1-2H3/t12-,13+,14+,17+/m0/s1. The minimum absolute atomic E-state index is 0.0347. The normalized spacial score (nSPS) is 43.7. The van der Waals surface area contributed by atoms with Crippen LogP contribution in [0.1, 0.15) is 52.4 Å². The Hall–Kier alpha value is -0.840. The van der Waals surface area contributed by atoms with Gasteiger partial charge in [-0.1, -0.05) is 26.0 Å². The maximum atomic E-state index is 12.8. The van der Waals surface area contributed by atoms with Crippen molar-refractivity contribution in [3.63, 3.8) is 0 Å². The molecule has 4 rings (SSSR count). The number of carbonyl (C=O) groups is 1. The lowest BCUT2D eigenvalue weighted by molar-refractivity contribution is -0.129. The number of fused-ring (bicyclic) bond motifs is 1. The summed E-state index contributed by atoms with van der Waals surface area (Å²) in [6.07, 6.45) is 9.45. The van der Waals surface area contributed by atoms with Gasteiger partial charge >= 0.3 is 0 Å². The molecule has 2 bridgehead atoms. The van der Waals surface area contributed by atoms with Crippen molar-refractivity contribution in [1.29, 1.82) is 0 Å². The molecule has 4 aliphatic rings. The Morgan fingerprint density at radius 2 is 2.09 bits per heavy atom. The van der Waals surface area contributed by atoms with Gasteiger partial charge in [0.25, 0.3) is 0 Å². The molecule has 1 saturated heterocycles. The van der Waals surface area contributed by atoms with E-state index in [2.05, 4.69) is 26.0 Å². The van der Waals surface area contributed by atoms with Crippen molar-refractivity contribution < 1.29 is 13.2 Å². The first kappa shape index (κ1) is 14.7. The third-order valence-electron chi connectivity index (χ3n) is 7.21. The van der Waals surface area contributed by atoms with Gasteiger partial charge in [-0.05, 0) is 49.4 Å². The smallest absolute Gasteiger partial charge is 0.238 e. The van der Waals surface area contributed by atoms with Crippen LogP contribution in [0.3, 0.4) is 0 Å². The number of hydrogen-bond acceptors (Lipinski definition) is 3. The summed E-state index contributed by atoms with van der Waals surface area (Å²) in [6, 6.07) is -0.0795. The average molecular weight is 323 g/mol. The topological polar surface area (TPSA) is 54.5 Å². The molecule has 3 fully saturated rings. The van der Waals surface area contributed by atoms with E-state index in [9.17, 15) is 13.2 Å². The first-order valence-electron chi connectivity index (χ1n) is 8.49. The van der Waals surface area contributed by atoms with Gasteiger partial charge < -0.3 is 0 Å². The van der Waals surface area contributed by atoms with Gasteiger partial charge in [0.1, 0.15) is 0 Å². The molecule has 0 N–H and O–H groups in total. The van der Waals surface area contributed by atoms with E-state index < -0.39 is 10.0 Å². The molecule has 0 aromatic carbocycles. The van der Waals surface area contributed by atoms with E-state index in [1.165, 1.54) is 4.31 Å². The highest BCUT2D eigenvalue weighted by molar-refractivity contribution is 7.90. The van der Waals surface area contributed by atoms with E-state index >= 15 is 0 Å². The third kappa shape index (κ3) is 1.69. The molecule has 0 aromatic rings. The van der Waals surface area contributed by atoms with Gasteiger partial charge in [-0.2, -0.15) is 0 Å². The Bertz CT molecular complexity index is 651. The fourth-order valence-corrected chi connectivity index (χ4v) is 8.36. The van der Waals surface area contributed by atoms with Crippen LogP contribution < -0.4 is 0 Å². The monoisotopic (exact) mass is 323 g/mol. The second-order valence-electron chi connectivity index (χ2n) is 8.28. The van der Waals surface area contributed by atoms with Gasteiger partial charge in [0.15, 0.2) is 0 Å². The number of rotatable bonds is 2. The SMILES string of the molecule is CC1(C)[C@@H]2CC[C@]13CS(=O)(=O)N(C(=O)C[C@H]1C=CCC1)[C@@H]3C2. The van der Waals surface area contributed by atoms with Gasteiger partial charge in [-0.25, -0.2) is 12.7 Å². The first-order valence-corrected chi connectivity index (χ1v) is 10.1. The maximum absolute atomic E-state index is 12.8. The van der Waals surface area contributed by atoms with Crippen molar-refractivity contribution >= 4 is 15.9 Å². The molecule has 3 aliphatic carbocycles. The predicted molar refractivity (Wildman–Crippen MR) is 84.5 cm³/mol. The molecule has 4 nitrogen and oxygen atoms in total. The minimum Gasteiger partial charge on any atom is -0.274 e. The Morgan fingerprint density at radius 1 is 1.32 bits per heavy atom. The van der Waals surface area contributed by atoms with Crippen LogP contribution in [0.5, 0.6) is 0 Å². The number of carbonyl (C=O) groups excluding carboxylic acids is 1. The van der Waals surface area contributed by atoms with Gasteiger partial charge in [-0.15, -0.1) is 0 Å². The molecular weight excluding hydrogens is 298 g/mol. The highest BCUT2D eigenvalue weighted by Crippen LogP contribution is 2.70. The first-order chi connectivity index (χ1) is 10.3. The summed E-state index contributed by atoms with van der Waals surface area (Å²) in [5.74, 6) is 0.808. The molecule has 0 aromatic heterocycles. The summed E-state index contributed by atoms with van der Waals surface area (Å²) < 4.78 is 26.8. The molecule has 1 heterocycles. The molecule has 122 valence electrons. The van der Waals surface area contributed by atoms with Crippen LogP contribution in [0.25, 0.3) is 0 Å². The molecule has 22 heavy (non-hydrogen) atoms. The molecule has 5 heteroatoms. The van der Waals surface area contributed by atoms with Crippen LogP contribution >= 0.6 is 0 Å². The van der Waals surface area contributed by atoms with Crippen LogP contribution in [0.2, 0.25) is 0 Å². The van der Waals surface area contributed by atoms with Gasteiger partial charge in [0.2, 0.25) is 15.9 Å². The quantitative estimate of drug-likeness (QED) is 0.734. The fraction of sp³-hybridized carbons (Fsp3) is 0.824. The van der Waals surface area contributed by atoms with Crippen LogP contribution in [-0.4, -0.2) is 30.4 Å². The molecule has 1 amide bonds. The number of sulfonamides is 1. The molecule has 2 saturated carbocycles. The second-order valence-corrected chi connectivity index (χ2v) is 10.1. The molecule has 1 spiro atoms. The second kappa shape index (κ2) is 4.37. The molecule has 1 aliphatic heterocycles. The van der Waals surface area contributed by atoms with E-state index in [0.717, 1.165) is 32.1 Å². The van der Waals surface area contributed by atoms with E-state index in [1.807, 2.05) is 0 Å². The molecule has 4 atom stereocenters. The van der Waals surface area contributed by atoms with Crippen molar-refractivity contribution in [3.8, 4) is 0 Å². The van der Waals surface area contributed by atoms with E-state index in [4.69, 9.17) is 0 Å². The maximum Gasteiger partial charge on any atom is 0.238 e. The largest absolute Gasteiger partial charge is 0.274 e. The van der Waals surface area contributed by atoms with Crippen molar-refractivity contribution in [1.82, 2.24) is 4.31 Å². The fourth-order valence-electron chi connectivity index (χ4n) is 5.80. The van der Waals surface area contributed by atoms with Gasteiger partial charge in [0, 0.05) is 11.8 Å². The Kier molecular flexibility index (Phi) is 2.93. The summed E-state index contributed by atoms with van der Waals surface area (Å²) in [5.41, 5.74) is -0.162. The Morgan fingerprint density at radius 3 is 2.73 bits per heavy atom. The Balaban J connectivity index is 1.66. The van der Waals surface area contributed by atoms with Crippen LogP contribution in [-0.2, 0) is 14.8 Å². The zero-order valence-electron chi connectivity index (χ0n) is 13.4. The highest BCUT2D eigenvalue weighted by Gasteiger charge is 2.72. The number of allylic oxidation sites excluding steroid dienone is 2. The lowest BCUT2D eigenvalue weighted by atomic mass is 9.69. The average Bonchev–Trinajstić information content (AvgIpc) is 3.09. The number of amides is 1.